The zero-order valence-electron chi connectivity index (χ0n) is 11.1. The molecule has 0 amide bonds. The van der Waals surface area contributed by atoms with Crippen LogP contribution in [0.15, 0.2) is 0 Å². The number of halogens is 1. The van der Waals surface area contributed by atoms with Crippen LogP contribution in [0.25, 0.3) is 0 Å². The monoisotopic (exact) mass is 306 g/mol. The van der Waals surface area contributed by atoms with Gasteiger partial charge in [0.2, 0.25) is 0 Å². The minimum absolute atomic E-state index is 0.338. The van der Waals surface area contributed by atoms with E-state index < -0.39 is 5.97 Å². The first kappa shape index (κ1) is 16.9. The maximum absolute atomic E-state index is 10.3. The average molecular weight is 307 g/mol. The van der Waals surface area contributed by atoms with Crippen molar-refractivity contribution in [3.05, 3.63) is 0 Å². The van der Waals surface area contributed by atoms with E-state index in [0.29, 0.717) is 11.2 Å². The third-order valence-corrected chi connectivity index (χ3v) is 3.45. The molecule has 0 aliphatic heterocycles. The molecular formula is C14H27BrO2. The van der Waals surface area contributed by atoms with Gasteiger partial charge >= 0.3 is 5.97 Å². The molecule has 102 valence electrons. The number of carboxylic acids is 1. The van der Waals surface area contributed by atoms with Gasteiger partial charge in [0.25, 0.3) is 0 Å². The maximum Gasteiger partial charge on any atom is 0.303 e. The molecule has 0 saturated carbocycles. The number of rotatable bonds is 12. The van der Waals surface area contributed by atoms with E-state index in [2.05, 4.69) is 22.9 Å². The summed E-state index contributed by atoms with van der Waals surface area (Å²) in [5.41, 5.74) is 0. The molecule has 0 aromatic heterocycles. The smallest absolute Gasteiger partial charge is 0.303 e. The Labute approximate surface area is 114 Å². The van der Waals surface area contributed by atoms with Crippen LogP contribution in [0.3, 0.4) is 0 Å². The third-order valence-electron chi connectivity index (χ3n) is 2.99. The van der Waals surface area contributed by atoms with Crippen molar-refractivity contribution in [3.63, 3.8) is 0 Å². The second-order valence-electron chi connectivity index (χ2n) is 4.90. The Hall–Kier alpha value is -0.0500. The number of unbranched alkanes of at least 4 members (excludes halogenated alkanes) is 8. The second kappa shape index (κ2) is 12.4. The lowest BCUT2D eigenvalue weighted by Crippen LogP contribution is -1.93. The maximum atomic E-state index is 10.3. The largest absolute Gasteiger partial charge is 0.481 e. The van der Waals surface area contributed by atoms with E-state index in [9.17, 15) is 4.79 Å². The van der Waals surface area contributed by atoms with Crippen LogP contribution < -0.4 is 0 Å². The fourth-order valence-corrected chi connectivity index (χ4v) is 2.26. The first-order valence-electron chi connectivity index (χ1n) is 6.99. The molecule has 0 saturated heterocycles. The van der Waals surface area contributed by atoms with Crippen molar-refractivity contribution in [1.82, 2.24) is 0 Å². The predicted molar refractivity (Wildman–Crippen MR) is 76.8 cm³/mol. The van der Waals surface area contributed by atoms with Crippen LogP contribution in [0.2, 0.25) is 0 Å². The van der Waals surface area contributed by atoms with E-state index in [-0.39, 0.29) is 0 Å². The van der Waals surface area contributed by atoms with Gasteiger partial charge in [0.05, 0.1) is 0 Å². The summed E-state index contributed by atoms with van der Waals surface area (Å²) >= 11 is 3.56. The van der Waals surface area contributed by atoms with Gasteiger partial charge in [-0.25, -0.2) is 0 Å². The molecule has 0 aromatic carbocycles. The molecule has 0 aliphatic carbocycles. The fourth-order valence-electron chi connectivity index (χ4n) is 1.94. The van der Waals surface area contributed by atoms with Gasteiger partial charge in [-0.2, -0.15) is 0 Å². The summed E-state index contributed by atoms with van der Waals surface area (Å²) in [5, 5.41) is 8.47. The Morgan fingerprint density at radius 2 is 1.35 bits per heavy atom. The highest BCUT2D eigenvalue weighted by atomic mass is 79.9. The Balaban J connectivity index is 2.96. The highest BCUT2D eigenvalue weighted by Gasteiger charge is 1.97. The summed E-state index contributed by atoms with van der Waals surface area (Å²) in [6, 6.07) is 0. The van der Waals surface area contributed by atoms with Gasteiger partial charge in [0.15, 0.2) is 0 Å². The molecule has 0 spiro atoms. The van der Waals surface area contributed by atoms with E-state index in [1.165, 1.54) is 51.4 Å². The molecule has 0 aromatic rings. The minimum Gasteiger partial charge on any atom is -0.481 e. The quantitative estimate of drug-likeness (QED) is 0.400. The lowest BCUT2D eigenvalue weighted by Gasteiger charge is -2.03. The standard InChI is InChI=1S/C14H27BrO2/c1-13(15)11-9-7-5-3-2-4-6-8-10-12-14(16)17/h13H,2-12H2,1H3,(H,16,17). The first-order chi connectivity index (χ1) is 8.13. The van der Waals surface area contributed by atoms with Gasteiger partial charge in [-0.05, 0) is 12.8 Å². The van der Waals surface area contributed by atoms with E-state index >= 15 is 0 Å². The summed E-state index contributed by atoms with van der Waals surface area (Å²) in [4.78, 5) is 10.9. The number of carboxylic acid groups (broad SMARTS) is 1. The molecule has 0 heterocycles. The Kier molecular flexibility index (Phi) is 12.4. The van der Waals surface area contributed by atoms with Crippen LogP contribution in [-0.4, -0.2) is 15.9 Å². The van der Waals surface area contributed by atoms with E-state index in [1.807, 2.05) is 0 Å². The highest BCUT2D eigenvalue weighted by Crippen LogP contribution is 2.13. The zero-order valence-corrected chi connectivity index (χ0v) is 12.7. The Bertz CT molecular complexity index is 181. The number of carbonyl (C=O) groups is 1. The molecule has 17 heavy (non-hydrogen) atoms. The fraction of sp³-hybridized carbons (Fsp3) is 0.929. The van der Waals surface area contributed by atoms with Gasteiger partial charge in [0.1, 0.15) is 0 Å². The van der Waals surface area contributed by atoms with Crippen LogP contribution in [0, 0.1) is 0 Å². The molecule has 1 N–H and O–H groups in total. The van der Waals surface area contributed by atoms with Crippen LogP contribution in [-0.2, 0) is 4.79 Å². The molecule has 1 unspecified atom stereocenters. The van der Waals surface area contributed by atoms with Gasteiger partial charge in [-0.15, -0.1) is 0 Å². The molecule has 0 aliphatic rings. The van der Waals surface area contributed by atoms with Gasteiger partial charge in [0, 0.05) is 11.2 Å². The first-order valence-corrected chi connectivity index (χ1v) is 7.90. The topological polar surface area (TPSA) is 37.3 Å². The van der Waals surface area contributed by atoms with Crippen molar-refractivity contribution in [3.8, 4) is 0 Å². The Morgan fingerprint density at radius 1 is 0.941 bits per heavy atom. The van der Waals surface area contributed by atoms with E-state index in [4.69, 9.17) is 5.11 Å². The second-order valence-corrected chi connectivity index (χ2v) is 6.46. The van der Waals surface area contributed by atoms with Gasteiger partial charge in [-0.1, -0.05) is 74.2 Å². The predicted octanol–water partition coefficient (Wildman–Crippen LogP) is 5.15. The van der Waals surface area contributed by atoms with Crippen molar-refractivity contribution in [2.24, 2.45) is 0 Å². The number of aliphatic carboxylic acids is 1. The van der Waals surface area contributed by atoms with Crippen molar-refractivity contribution in [2.45, 2.75) is 82.4 Å². The third kappa shape index (κ3) is 15.9. The molecule has 2 nitrogen and oxygen atoms in total. The van der Waals surface area contributed by atoms with E-state index in [1.54, 1.807) is 0 Å². The molecule has 0 fully saturated rings. The van der Waals surface area contributed by atoms with Crippen LogP contribution in [0.4, 0.5) is 0 Å². The SMILES string of the molecule is CC(Br)CCCCCCCCCCCC(=O)O. The van der Waals surface area contributed by atoms with Crippen LogP contribution in [0.5, 0.6) is 0 Å². The normalized spacial score (nSPS) is 12.6. The molecule has 1 atom stereocenters. The Morgan fingerprint density at radius 3 is 1.76 bits per heavy atom. The van der Waals surface area contributed by atoms with E-state index in [0.717, 1.165) is 12.8 Å². The average Bonchev–Trinajstić information content (AvgIpc) is 2.25. The lowest BCUT2D eigenvalue weighted by atomic mass is 10.1. The summed E-state index contributed by atoms with van der Waals surface area (Å²) in [6.07, 6.45) is 12.7. The highest BCUT2D eigenvalue weighted by molar-refractivity contribution is 9.09. The zero-order chi connectivity index (χ0) is 12.9. The number of hydrogen-bond donors (Lipinski definition) is 1. The van der Waals surface area contributed by atoms with Crippen LogP contribution >= 0.6 is 15.9 Å². The minimum atomic E-state index is -0.661. The van der Waals surface area contributed by atoms with Gasteiger partial charge in [-0.3, -0.25) is 4.79 Å². The number of alkyl halides is 1. The van der Waals surface area contributed by atoms with Gasteiger partial charge < -0.3 is 5.11 Å². The summed E-state index contributed by atoms with van der Waals surface area (Å²) < 4.78 is 0. The number of hydrogen-bond acceptors (Lipinski definition) is 1. The van der Waals surface area contributed by atoms with Crippen LogP contribution in [0.1, 0.15) is 77.6 Å². The van der Waals surface area contributed by atoms with Crippen molar-refractivity contribution in [2.75, 3.05) is 0 Å². The molecular weight excluding hydrogens is 280 g/mol. The van der Waals surface area contributed by atoms with Crippen molar-refractivity contribution < 1.29 is 9.90 Å². The molecule has 0 rings (SSSR count). The molecule has 0 bridgehead atoms. The van der Waals surface area contributed by atoms with Crippen molar-refractivity contribution >= 4 is 21.9 Å². The summed E-state index contributed by atoms with van der Waals surface area (Å²) in [5.74, 6) is -0.661. The van der Waals surface area contributed by atoms with Crippen molar-refractivity contribution in [1.29, 1.82) is 0 Å². The lowest BCUT2D eigenvalue weighted by molar-refractivity contribution is -0.137. The molecule has 0 radical (unpaired) electrons. The summed E-state index contributed by atoms with van der Waals surface area (Å²) in [6.45, 7) is 2.21. The molecule has 3 heteroatoms. The summed E-state index contributed by atoms with van der Waals surface area (Å²) in [7, 11) is 0.